The molecule has 0 bridgehead atoms. The molecule has 0 fully saturated rings. The van der Waals surface area contributed by atoms with Crippen molar-refractivity contribution in [2.75, 3.05) is 13.1 Å². The quantitative estimate of drug-likeness (QED) is 0.714. The van der Waals surface area contributed by atoms with Gasteiger partial charge in [-0.2, -0.15) is 0 Å². The number of rotatable bonds is 4. The Morgan fingerprint density at radius 3 is 2.94 bits per heavy atom. The molecule has 0 atom stereocenters. The van der Waals surface area contributed by atoms with Gasteiger partial charge < -0.3 is 15.4 Å². The molecule has 2 rings (SSSR count). The van der Waals surface area contributed by atoms with Gasteiger partial charge in [-0.15, -0.1) is 0 Å². The maximum Gasteiger partial charge on any atom is 0.131 e. The van der Waals surface area contributed by atoms with Gasteiger partial charge in [0.15, 0.2) is 0 Å². The number of aromatic amines is 1. The van der Waals surface area contributed by atoms with E-state index in [9.17, 15) is 9.50 Å². The number of likely N-dealkylation sites (N-methyl/N-ethyl adjacent to an activating group) is 1. The molecule has 3 nitrogen and oxygen atoms in total. The Morgan fingerprint density at radius 1 is 1.47 bits per heavy atom. The average molecular weight is 236 g/mol. The van der Waals surface area contributed by atoms with Crippen LogP contribution >= 0.6 is 0 Å². The topological polar surface area (TPSA) is 48.0 Å². The van der Waals surface area contributed by atoms with Gasteiger partial charge in [-0.25, -0.2) is 4.39 Å². The fourth-order valence-electron chi connectivity index (χ4n) is 2.07. The molecule has 2 aromatic rings. The number of aromatic nitrogens is 1. The van der Waals surface area contributed by atoms with Gasteiger partial charge in [-0.05, 0) is 32.0 Å². The molecular formula is C13H17FN2O. The Balaban J connectivity index is 2.42. The van der Waals surface area contributed by atoms with Crippen LogP contribution in [0.25, 0.3) is 10.9 Å². The van der Waals surface area contributed by atoms with E-state index in [2.05, 4.69) is 10.3 Å². The van der Waals surface area contributed by atoms with E-state index in [4.69, 9.17) is 0 Å². The zero-order valence-electron chi connectivity index (χ0n) is 10.1. The van der Waals surface area contributed by atoms with Crippen LogP contribution in [0.4, 0.5) is 4.39 Å². The van der Waals surface area contributed by atoms with Crippen molar-refractivity contribution in [2.45, 2.75) is 20.3 Å². The molecule has 3 N–H and O–H groups in total. The summed E-state index contributed by atoms with van der Waals surface area (Å²) >= 11 is 0. The smallest absolute Gasteiger partial charge is 0.131 e. The number of halogens is 1. The molecule has 1 aromatic carbocycles. The number of phenolic OH excluding ortho intramolecular Hbond substituents is 1. The largest absolute Gasteiger partial charge is 0.507 e. The van der Waals surface area contributed by atoms with E-state index in [1.807, 2.05) is 13.1 Å². The van der Waals surface area contributed by atoms with E-state index >= 15 is 0 Å². The van der Waals surface area contributed by atoms with Crippen molar-refractivity contribution in [3.63, 3.8) is 0 Å². The second-order valence-corrected chi connectivity index (χ2v) is 4.17. The number of hydrogen-bond donors (Lipinski definition) is 3. The van der Waals surface area contributed by atoms with Gasteiger partial charge in [0, 0.05) is 23.2 Å². The Bertz CT molecular complexity index is 534. The first kappa shape index (κ1) is 11.9. The first-order chi connectivity index (χ1) is 8.15. The van der Waals surface area contributed by atoms with Crippen LogP contribution in [0.5, 0.6) is 5.75 Å². The number of hydrogen-bond acceptors (Lipinski definition) is 2. The van der Waals surface area contributed by atoms with E-state index in [-0.39, 0.29) is 11.6 Å². The molecule has 0 saturated heterocycles. The minimum atomic E-state index is -0.380. The monoisotopic (exact) mass is 236 g/mol. The van der Waals surface area contributed by atoms with Gasteiger partial charge in [0.05, 0.1) is 5.52 Å². The highest BCUT2D eigenvalue weighted by atomic mass is 19.1. The summed E-state index contributed by atoms with van der Waals surface area (Å²) in [4.78, 5) is 3.04. The van der Waals surface area contributed by atoms with Gasteiger partial charge in [-0.3, -0.25) is 0 Å². The maximum atomic E-state index is 13.4. The number of nitrogens with one attached hydrogen (secondary N) is 2. The number of aryl methyl sites for hydroxylation is 1. The van der Waals surface area contributed by atoms with Gasteiger partial charge in [0.2, 0.25) is 0 Å². The lowest BCUT2D eigenvalue weighted by Crippen LogP contribution is -2.15. The standard InChI is InChI=1S/C13H17FN2O/c1-3-15-5-4-9-7-16-13-8(2)10(14)6-11(17)12(9)13/h6-7,15-17H,3-5H2,1-2H3. The second kappa shape index (κ2) is 4.75. The molecule has 0 spiro atoms. The molecule has 0 amide bonds. The third-order valence-corrected chi connectivity index (χ3v) is 3.04. The molecule has 17 heavy (non-hydrogen) atoms. The van der Waals surface area contributed by atoms with Crippen molar-refractivity contribution in [1.82, 2.24) is 10.3 Å². The Labute approximate surface area is 99.7 Å². The van der Waals surface area contributed by atoms with Gasteiger partial charge in [0.25, 0.3) is 0 Å². The third-order valence-electron chi connectivity index (χ3n) is 3.04. The molecule has 1 heterocycles. The number of fused-ring (bicyclic) bond motifs is 1. The van der Waals surface area contributed by atoms with Crippen molar-refractivity contribution < 1.29 is 9.50 Å². The lowest BCUT2D eigenvalue weighted by atomic mass is 10.1. The highest BCUT2D eigenvalue weighted by molar-refractivity contribution is 5.91. The normalized spacial score (nSPS) is 11.2. The molecule has 92 valence electrons. The maximum absolute atomic E-state index is 13.4. The van der Waals surface area contributed by atoms with E-state index < -0.39 is 0 Å². The number of aromatic hydroxyl groups is 1. The van der Waals surface area contributed by atoms with Crippen molar-refractivity contribution in [1.29, 1.82) is 0 Å². The van der Waals surface area contributed by atoms with Crippen molar-refractivity contribution in [3.05, 3.63) is 29.2 Å². The first-order valence-electron chi connectivity index (χ1n) is 5.84. The average Bonchev–Trinajstić information content (AvgIpc) is 2.71. The summed E-state index contributed by atoms with van der Waals surface area (Å²) < 4.78 is 13.4. The fraction of sp³-hybridized carbons (Fsp3) is 0.385. The number of benzene rings is 1. The van der Waals surface area contributed by atoms with Gasteiger partial charge in [-0.1, -0.05) is 6.92 Å². The summed E-state index contributed by atoms with van der Waals surface area (Å²) in [6, 6.07) is 1.18. The lowest BCUT2D eigenvalue weighted by Gasteiger charge is -2.04. The molecular weight excluding hydrogens is 219 g/mol. The zero-order valence-corrected chi connectivity index (χ0v) is 10.1. The fourth-order valence-corrected chi connectivity index (χ4v) is 2.07. The van der Waals surface area contributed by atoms with Crippen LogP contribution in [0.1, 0.15) is 18.1 Å². The Hall–Kier alpha value is -1.55. The SMILES string of the molecule is CCNCCc1c[nH]c2c(C)c(F)cc(O)c12. The Kier molecular flexibility index (Phi) is 3.33. The molecule has 0 radical (unpaired) electrons. The second-order valence-electron chi connectivity index (χ2n) is 4.17. The van der Waals surface area contributed by atoms with Crippen molar-refractivity contribution >= 4 is 10.9 Å². The van der Waals surface area contributed by atoms with Crippen molar-refractivity contribution in [3.8, 4) is 5.75 Å². The van der Waals surface area contributed by atoms with Crippen LogP contribution in [0.15, 0.2) is 12.3 Å². The van der Waals surface area contributed by atoms with E-state index in [0.717, 1.165) is 30.5 Å². The van der Waals surface area contributed by atoms with Crippen LogP contribution in [-0.4, -0.2) is 23.2 Å². The van der Waals surface area contributed by atoms with Crippen LogP contribution in [-0.2, 0) is 6.42 Å². The first-order valence-corrected chi connectivity index (χ1v) is 5.84. The predicted molar refractivity (Wildman–Crippen MR) is 66.9 cm³/mol. The summed E-state index contributed by atoms with van der Waals surface area (Å²) in [6.45, 7) is 5.52. The van der Waals surface area contributed by atoms with Gasteiger partial charge in [0.1, 0.15) is 11.6 Å². The van der Waals surface area contributed by atoms with Crippen LogP contribution in [0.2, 0.25) is 0 Å². The number of H-pyrrole nitrogens is 1. The molecule has 0 unspecified atom stereocenters. The highest BCUT2D eigenvalue weighted by Gasteiger charge is 2.13. The van der Waals surface area contributed by atoms with Gasteiger partial charge >= 0.3 is 0 Å². The Morgan fingerprint density at radius 2 is 2.24 bits per heavy atom. The summed E-state index contributed by atoms with van der Waals surface area (Å²) in [5.74, 6) is -0.370. The molecule has 0 aliphatic rings. The van der Waals surface area contributed by atoms with Crippen LogP contribution in [0, 0.1) is 12.7 Å². The van der Waals surface area contributed by atoms with E-state index in [1.54, 1.807) is 6.92 Å². The summed E-state index contributed by atoms with van der Waals surface area (Å²) in [5.41, 5.74) is 2.25. The van der Waals surface area contributed by atoms with E-state index in [1.165, 1.54) is 6.07 Å². The summed E-state index contributed by atoms with van der Waals surface area (Å²) in [7, 11) is 0. The summed E-state index contributed by atoms with van der Waals surface area (Å²) in [5, 5.41) is 13.8. The van der Waals surface area contributed by atoms with Crippen LogP contribution < -0.4 is 5.32 Å². The molecule has 0 saturated carbocycles. The lowest BCUT2D eigenvalue weighted by molar-refractivity contribution is 0.475. The van der Waals surface area contributed by atoms with E-state index in [0.29, 0.717) is 11.1 Å². The minimum absolute atomic E-state index is 0.0100. The summed E-state index contributed by atoms with van der Waals surface area (Å²) in [6.07, 6.45) is 2.65. The minimum Gasteiger partial charge on any atom is -0.507 e. The third kappa shape index (κ3) is 2.13. The molecule has 0 aliphatic carbocycles. The predicted octanol–water partition coefficient (Wildman–Crippen LogP) is 2.47. The van der Waals surface area contributed by atoms with Crippen molar-refractivity contribution in [2.24, 2.45) is 0 Å². The zero-order chi connectivity index (χ0) is 12.4. The molecule has 1 aromatic heterocycles. The highest BCUT2D eigenvalue weighted by Crippen LogP contribution is 2.32. The number of phenols is 1. The molecule has 4 heteroatoms. The van der Waals surface area contributed by atoms with Crippen LogP contribution in [0.3, 0.4) is 0 Å². The molecule has 0 aliphatic heterocycles.